The Morgan fingerprint density at radius 3 is 1.04 bits per heavy atom. The van der Waals surface area contributed by atoms with Crippen LogP contribution in [0.4, 0.5) is 22.7 Å². The maximum atomic E-state index is 7.68. The molecular weight excluding hydrogens is 681 g/mol. The zero-order chi connectivity index (χ0) is 40.5. The second kappa shape index (κ2) is 19.0. The maximum absolute atomic E-state index is 7.68. The van der Waals surface area contributed by atoms with Crippen molar-refractivity contribution in [2.45, 2.75) is 92.3 Å². The normalized spacial score (nSPS) is 12.9. The fourth-order valence-electron chi connectivity index (χ4n) is 8.29. The van der Waals surface area contributed by atoms with Gasteiger partial charge in [0.25, 0.3) is 0 Å². The molecule has 0 saturated heterocycles. The Kier molecular flexibility index (Phi) is 15.0. The monoisotopic (exact) mass is 751 g/mol. The number of ether oxygens (including phenoxy) is 3. The molecule has 7 nitrogen and oxygen atoms in total. The maximum Gasteiger partial charge on any atom is 0.125 e. The molecule has 0 amide bonds. The van der Waals surface area contributed by atoms with E-state index in [0.717, 1.165) is 71.6 Å². The summed E-state index contributed by atoms with van der Waals surface area (Å²) in [4.78, 5) is 9.01. The van der Waals surface area contributed by atoms with Crippen LogP contribution in [0.1, 0.15) is 103 Å². The average Bonchev–Trinajstić information content (AvgIpc) is 3.14. The summed E-state index contributed by atoms with van der Waals surface area (Å²) < 4.78 is 20.7. The van der Waals surface area contributed by atoms with E-state index in [1.807, 2.05) is 0 Å². The molecule has 4 aromatic carbocycles. The fourth-order valence-corrected chi connectivity index (χ4v) is 8.29. The van der Waals surface area contributed by atoms with Crippen molar-refractivity contribution in [2.24, 2.45) is 0 Å². The molecule has 0 aliphatic carbocycles. The number of hydrogen-bond donors (Lipinski definition) is 0. The van der Waals surface area contributed by atoms with Crippen LogP contribution in [-0.4, -0.2) is 78.8 Å². The molecule has 0 heterocycles. The molecule has 2 atom stereocenters. The summed E-state index contributed by atoms with van der Waals surface area (Å²) in [7, 11) is 8.32. The van der Waals surface area contributed by atoms with Gasteiger partial charge in [-0.25, -0.2) is 0 Å². The summed E-state index contributed by atoms with van der Waals surface area (Å²) in [5.74, 6) is 1.49. The first-order valence-electron chi connectivity index (χ1n) is 20.4. The van der Waals surface area contributed by atoms with E-state index in [-0.39, 0.29) is 11.8 Å². The summed E-state index contributed by atoms with van der Waals surface area (Å²) in [6.45, 7) is 26.7. The minimum atomic E-state index is -0.694. The van der Waals surface area contributed by atoms with E-state index in [2.05, 4.69) is 202 Å². The third-order valence-electron chi connectivity index (χ3n) is 10.9. The van der Waals surface area contributed by atoms with Crippen molar-refractivity contribution < 1.29 is 14.2 Å². The van der Waals surface area contributed by atoms with Crippen LogP contribution in [0.25, 0.3) is 0 Å². The van der Waals surface area contributed by atoms with Gasteiger partial charge >= 0.3 is 0 Å². The molecule has 2 unspecified atom stereocenters. The van der Waals surface area contributed by atoms with Gasteiger partial charge in [0.15, 0.2) is 0 Å². The third kappa shape index (κ3) is 10.1. The number of benzene rings is 4. The van der Waals surface area contributed by atoms with E-state index in [9.17, 15) is 0 Å². The average molecular weight is 751 g/mol. The molecule has 55 heavy (non-hydrogen) atoms. The Hall–Kier alpha value is -4.36. The summed E-state index contributed by atoms with van der Waals surface area (Å²) >= 11 is 0. The molecule has 0 fully saturated rings. The van der Waals surface area contributed by atoms with Crippen molar-refractivity contribution in [3.05, 3.63) is 107 Å². The van der Waals surface area contributed by atoms with Crippen molar-refractivity contribution >= 4 is 22.7 Å². The first-order chi connectivity index (χ1) is 26.2. The van der Waals surface area contributed by atoms with Crippen LogP contribution in [0.3, 0.4) is 0 Å². The Morgan fingerprint density at radius 2 is 0.764 bits per heavy atom. The molecule has 300 valence electrons. The Labute approximate surface area is 334 Å². The van der Waals surface area contributed by atoms with Gasteiger partial charge in [0.05, 0.1) is 24.4 Å². The Balaban J connectivity index is 1.94. The van der Waals surface area contributed by atoms with Gasteiger partial charge in [-0.15, -0.1) is 0 Å². The van der Waals surface area contributed by atoms with Crippen LogP contribution in [0.15, 0.2) is 84.9 Å². The van der Waals surface area contributed by atoms with Gasteiger partial charge in [-0.05, 0) is 117 Å². The lowest BCUT2D eigenvalue weighted by Gasteiger charge is -2.46. The van der Waals surface area contributed by atoms with Gasteiger partial charge in [0.2, 0.25) is 0 Å². The van der Waals surface area contributed by atoms with Crippen molar-refractivity contribution in [1.82, 2.24) is 0 Å². The third-order valence-corrected chi connectivity index (χ3v) is 10.9. The van der Waals surface area contributed by atoms with Crippen LogP contribution in [0, 0.1) is 0 Å². The van der Waals surface area contributed by atoms with E-state index >= 15 is 0 Å². The Morgan fingerprint density at radius 1 is 0.455 bits per heavy atom. The summed E-state index contributed by atoms with van der Waals surface area (Å²) in [6, 6.07) is 31.3. The molecule has 7 heteroatoms. The SMILES string of the molecule is CCOc1cc(N(CC)CC)ccc1C(c1ccc(N(C)C)cc1)C(C)(C)OC(C)(C)C(c1ccc(N(C)C)cc1)c1ccc(N(CC)CC)cc1OCC. The van der Waals surface area contributed by atoms with Gasteiger partial charge in [-0.1, -0.05) is 36.4 Å². The molecule has 0 aliphatic rings. The van der Waals surface area contributed by atoms with Crippen LogP contribution < -0.4 is 29.1 Å². The standard InChI is InChI=1S/C48H70N4O3/c1-15-51(16-2)39-29-31-41(43(33-39)53-19-5)45(35-21-25-37(26-22-35)49(11)12)47(7,8)55-48(9,10)46(36-23-27-38(28-24-36)50(13)14)42-32-30-40(52(17-3)18-4)34-44(42)54-20-6/h21-34,45-46H,15-20H2,1-14H3. The minimum Gasteiger partial charge on any atom is -0.493 e. The lowest BCUT2D eigenvalue weighted by Crippen LogP contribution is -2.45. The predicted molar refractivity (Wildman–Crippen MR) is 237 cm³/mol. The topological polar surface area (TPSA) is 40.7 Å². The highest BCUT2D eigenvalue weighted by atomic mass is 16.5. The first-order valence-corrected chi connectivity index (χ1v) is 20.4. The first kappa shape index (κ1) is 43.4. The molecule has 0 saturated carbocycles. The van der Waals surface area contributed by atoms with E-state index in [1.54, 1.807) is 0 Å². The van der Waals surface area contributed by atoms with Gasteiger partial charge < -0.3 is 33.8 Å². The van der Waals surface area contributed by atoms with E-state index in [0.29, 0.717) is 13.2 Å². The number of anilines is 4. The highest BCUT2D eigenvalue weighted by Gasteiger charge is 2.44. The van der Waals surface area contributed by atoms with E-state index < -0.39 is 11.2 Å². The van der Waals surface area contributed by atoms with Crippen molar-refractivity contribution in [3.63, 3.8) is 0 Å². The number of nitrogens with zero attached hydrogens (tertiary/aromatic N) is 4. The fraction of sp³-hybridized carbons (Fsp3) is 0.500. The van der Waals surface area contributed by atoms with Crippen molar-refractivity contribution in [3.8, 4) is 11.5 Å². The quantitative estimate of drug-likeness (QED) is 0.0891. The summed E-state index contributed by atoms with van der Waals surface area (Å²) in [5.41, 5.74) is 7.82. The molecule has 4 rings (SSSR count). The molecule has 0 N–H and O–H groups in total. The van der Waals surface area contributed by atoms with Gasteiger partial charge in [0.1, 0.15) is 11.5 Å². The highest BCUT2D eigenvalue weighted by Crippen LogP contribution is 2.49. The van der Waals surface area contributed by atoms with Crippen molar-refractivity contribution in [2.75, 3.05) is 87.2 Å². The number of hydrogen-bond acceptors (Lipinski definition) is 7. The lowest BCUT2D eigenvalue weighted by molar-refractivity contribution is -0.136. The molecular formula is C48H70N4O3. The van der Waals surface area contributed by atoms with Gasteiger partial charge in [0, 0.05) is 112 Å². The Bertz CT molecular complexity index is 1640. The molecule has 0 bridgehead atoms. The molecule has 0 aliphatic heterocycles. The smallest absolute Gasteiger partial charge is 0.125 e. The second-order valence-electron chi connectivity index (χ2n) is 15.8. The highest BCUT2D eigenvalue weighted by molar-refractivity contribution is 5.59. The van der Waals surface area contributed by atoms with Crippen LogP contribution in [0.5, 0.6) is 11.5 Å². The van der Waals surface area contributed by atoms with Crippen molar-refractivity contribution in [1.29, 1.82) is 0 Å². The zero-order valence-corrected chi connectivity index (χ0v) is 36.5. The zero-order valence-electron chi connectivity index (χ0n) is 36.5. The molecule has 4 aromatic rings. The van der Waals surface area contributed by atoms with Crippen LogP contribution in [-0.2, 0) is 4.74 Å². The van der Waals surface area contributed by atoms with E-state index in [4.69, 9.17) is 14.2 Å². The predicted octanol–water partition coefficient (Wildman–Crippen LogP) is 10.8. The lowest BCUT2D eigenvalue weighted by atomic mass is 9.75. The van der Waals surface area contributed by atoms with Gasteiger partial charge in [-0.3, -0.25) is 0 Å². The molecule has 0 radical (unpaired) electrons. The molecule has 0 spiro atoms. The second-order valence-corrected chi connectivity index (χ2v) is 15.8. The van der Waals surface area contributed by atoms with Crippen LogP contribution >= 0.6 is 0 Å². The minimum absolute atomic E-state index is 0.150. The van der Waals surface area contributed by atoms with Crippen LogP contribution in [0.2, 0.25) is 0 Å². The number of rotatable bonds is 20. The summed E-state index contributed by atoms with van der Waals surface area (Å²) in [6.07, 6.45) is 0. The largest absolute Gasteiger partial charge is 0.493 e. The summed E-state index contributed by atoms with van der Waals surface area (Å²) in [5, 5.41) is 0. The molecule has 0 aromatic heterocycles. The van der Waals surface area contributed by atoms with E-state index in [1.165, 1.54) is 11.1 Å². The van der Waals surface area contributed by atoms with Gasteiger partial charge in [-0.2, -0.15) is 0 Å².